The first-order valence-corrected chi connectivity index (χ1v) is 24.7. The third-order valence-corrected chi connectivity index (χ3v) is 15.2. The highest BCUT2D eigenvalue weighted by Gasteiger charge is 2.79. The molecule has 4 aliphatic rings. The highest BCUT2D eigenvalue weighted by atomic mass is 32.2. The molecule has 0 radical (unpaired) electrons. The highest BCUT2D eigenvalue weighted by Crippen LogP contribution is 2.64. The highest BCUT2D eigenvalue weighted by molar-refractivity contribution is 7.94. The molecule has 2 aromatic carbocycles. The van der Waals surface area contributed by atoms with Gasteiger partial charge in [0, 0.05) is 61.2 Å². The van der Waals surface area contributed by atoms with Crippen molar-refractivity contribution in [2.24, 2.45) is 34.5 Å². The van der Waals surface area contributed by atoms with Crippen LogP contribution in [0.5, 0.6) is 0 Å². The van der Waals surface area contributed by atoms with Gasteiger partial charge in [-0.3, -0.25) is 19.2 Å². The number of amides is 1. The second-order valence-electron chi connectivity index (χ2n) is 20.6. The Hall–Kier alpha value is -5.00. The van der Waals surface area contributed by atoms with E-state index < -0.39 is 130 Å². The first-order valence-electron chi connectivity index (χ1n) is 23.7. The van der Waals surface area contributed by atoms with Crippen molar-refractivity contribution in [3.8, 4) is 0 Å². The second kappa shape index (κ2) is 22.4. The molecule has 4 fully saturated rings. The molecule has 5 N–H and O–H groups in total. The molecule has 12 atom stereocenters. The van der Waals surface area contributed by atoms with E-state index in [0.717, 1.165) is 19.0 Å². The van der Waals surface area contributed by atoms with Gasteiger partial charge in [-0.15, -0.1) is 9.32 Å². The molecule has 71 heavy (non-hydrogen) atoms. The number of fused-ring (bicyclic) bond motifs is 5. The Balaban J connectivity index is 1.42. The van der Waals surface area contributed by atoms with Crippen LogP contribution in [0.2, 0.25) is 0 Å². The van der Waals surface area contributed by atoms with Crippen LogP contribution >= 0.6 is 12.0 Å². The summed E-state index contributed by atoms with van der Waals surface area (Å²) in [6.07, 6.45) is -7.52. The van der Waals surface area contributed by atoms with E-state index in [-0.39, 0.29) is 25.0 Å². The summed E-state index contributed by atoms with van der Waals surface area (Å²) in [4.78, 5) is 104. The summed E-state index contributed by atoms with van der Waals surface area (Å²) >= 11 is 0.974. The van der Waals surface area contributed by atoms with E-state index in [1.54, 1.807) is 76.2 Å². The maximum absolute atomic E-state index is 15.2. The van der Waals surface area contributed by atoms with Crippen LogP contribution in [0, 0.1) is 28.6 Å². The third kappa shape index (κ3) is 11.5. The minimum Gasteiger partial charge on any atom is -0.459 e. The molecule has 1 saturated heterocycles. The molecule has 2 bridgehead atoms. The van der Waals surface area contributed by atoms with Gasteiger partial charge >= 0.3 is 30.0 Å². The van der Waals surface area contributed by atoms with E-state index in [4.69, 9.17) is 34.3 Å². The molecule has 0 aromatic heterocycles. The van der Waals surface area contributed by atoms with Crippen molar-refractivity contribution >= 4 is 53.6 Å². The van der Waals surface area contributed by atoms with Gasteiger partial charge in [-0.05, 0) is 63.3 Å². The summed E-state index contributed by atoms with van der Waals surface area (Å²) in [7, 11) is 0. The Labute approximate surface area is 416 Å². The molecule has 1 heterocycles. The minimum atomic E-state index is -2.43. The lowest BCUT2D eigenvalue weighted by Gasteiger charge is -2.67. The summed E-state index contributed by atoms with van der Waals surface area (Å²) in [5, 5.41) is 32.6. The summed E-state index contributed by atoms with van der Waals surface area (Å²) in [6, 6.07) is 14.6. The Bertz CT molecular complexity index is 2260. The van der Waals surface area contributed by atoms with Gasteiger partial charge in [0.2, 0.25) is 17.7 Å². The number of nitrogens with one attached hydrogen (secondary N) is 1. The zero-order chi connectivity index (χ0) is 52.1. The number of carbonyl (C=O) groups is 7. The van der Waals surface area contributed by atoms with Crippen molar-refractivity contribution < 1.29 is 86.6 Å². The lowest BCUT2D eigenvalue weighted by Crippen LogP contribution is -2.82. The average Bonchev–Trinajstić information content (AvgIpc) is 3.30. The number of aliphatic hydroxyl groups is 2. The van der Waals surface area contributed by atoms with E-state index >= 15 is 14.4 Å². The number of alkyl carbamates (subject to hydrolysis) is 1. The van der Waals surface area contributed by atoms with Crippen LogP contribution in [-0.2, 0) is 66.8 Å². The summed E-state index contributed by atoms with van der Waals surface area (Å²) < 4.78 is 40.8. The van der Waals surface area contributed by atoms with Crippen molar-refractivity contribution in [1.82, 2.24) is 5.32 Å². The number of carbonyl (C=O) groups excluding carboxylic acids is 7. The van der Waals surface area contributed by atoms with Crippen molar-refractivity contribution in [2.45, 2.75) is 154 Å². The van der Waals surface area contributed by atoms with Crippen molar-refractivity contribution in [2.75, 3.05) is 12.4 Å². The topological polar surface area (TPSA) is 281 Å². The number of ketones is 2. The summed E-state index contributed by atoms with van der Waals surface area (Å²) in [5.74, 6) is -4.72. The van der Waals surface area contributed by atoms with Gasteiger partial charge in [0.05, 0.1) is 29.6 Å². The molecule has 2 aromatic rings. The lowest BCUT2D eigenvalue weighted by molar-refractivity contribution is -0.464. The van der Waals surface area contributed by atoms with Gasteiger partial charge in [-0.25, -0.2) is 14.4 Å². The van der Waals surface area contributed by atoms with Crippen LogP contribution in [0.15, 0.2) is 60.7 Å². The minimum absolute atomic E-state index is 0.0507. The van der Waals surface area contributed by atoms with Crippen molar-refractivity contribution in [3.63, 3.8) is 0 Å². The monoisotopic (exact) mass is 1010 g/mol. The lowest BCUT2D eigenvalue weighted by atomic mass is 9.42. The van der Waals surface area contributed by atoms with Gasteiger partial charge in [0.25, 0.3) is 0 Å². The van der Waals surface area contributed by atoms with E-state index in [0.29, 0.717) is 37.0 Å². The SMILES string of the molecule is CC(=O)O[C@@]12CO[C@@H]1C[C@H](O)[C@@]1(C)C(=O)C(=O)C3C(C)[C@@H](OC(=O)[C@H](OC(=O)CCCCCCSOOON)[C@@H](NC(=O)OC(C)(C)C)c4ccccc4)C[C@@](O)([C@@H](OC(=O)c4ccccc4)[C@H]21)C3(C)C. The molecule has 1 amide bonds. The van der Waals surface area contributed by atoms with Crippen LogP contribution in [0.25, 0.3) is 0 Å². The second-order valence-corrected chi connectivity index (χ2v) is 21.4. The predicted molar refractivity (Wildman–Crippen MR) is 249 cm³/mol. The Kier molecular flexibility index (Phi) is 17.5. The molecule has 6 rings (SSSR count). The largest absolute Gasteiger partial charge is 0.459 e. The molecular weight excluding hydrogens is 949 g/mol. The number of ether oxygens (including phenoxy) is 6. The van der Waals surface area contributed by atoms with Crippen LogP contribution in [0.3, 0.4) is 0 Å². The number of nitrogens with two attached hydrogens (primary N) is 1. The zero-order valence-corrected chi connectivity index (χ0v) is 42.1. The maximum Gasteiger partial charge on any atom is 0.408 e. The standard InChI is InChI=1S/C50H66N2O18S/c1-28-32(63-44(59)39(64-35(55)23-17-9-10-18-24-71-70-69-68-51)37(30-19-13-11-14-20-30)52-45(60)67-46(3,4)5)26-50(61)42(65-43(58)31-21-15-12-16-22-31)40-48(8,41(57)38(56)36(28)47(50,6)7)33(54)25-34-49(40,27-62-34)66-29(2)53/h11-16,19-22,28,32-34,36-37,39-40,42,54,61H,9-10,17-18,23-27,51H2,1-8H3,(H,52,60)/t28?,32-,33-,34+,36?,37-,39+,40-,42-,48+,49-,50+/m0/s1. The maximum atomic E-state index is 15.2. The molecule has 0 spiro atoms. The van der Waals surface area contributed by atoms with Crippen LogP contribution in [0.4, 0.5) is 4.79 Å². The van der Waals surface area contributed by atoms with E-state index in [1.807, 2.05) is 0 Å². The number of benzene rings is 2. The van der Waals surface area contributed by atoms with Gasteiger partial charge in [0.1, 0.15) is 35.6 Å². The Morgan fingerprint density at radius 3 is 2.20 bits per heavy atom. The first-order chi connectivity index (χ1) is 33.4. The number of Topliss-reactive ketones (excluding diaryl/α,β-unsaturated/α-hetero) is 2. The molecule has 3 saturated carbocycles. The number of hydrogen-bond acceptors (Lipinski definition) is 20. The average molecular weight is 1020 g/mol. The number of esters is 4. The van der Waals surface area contributed by atoms with Crippen molar-refractivity contribution in [3.05, 3.63) is 71.8 Å². The van der Waals surface area contributed by atoms with E-state index in [9.17, 15) is 29.4 Å². The van der Waals surface area contributed by atoms with Gasteiger partial charge < -0.3 is 44.0 Å². The predicted octanol–water partition coefficient (Wildman–Crippen LogP) is 5.31. The number of aliphatic hydroxyl groups excluding tert-OH is 1. The van der Waals surface area contributed by atoms with Gasteiger partial charge in [-0.1, -0.05) is 82.1 Å². The smallest absolute Gasteiger partial charge is 0.408 e. The fraction of sp³-hybridized carbons (Fsp3) is 0.620. The van der Waals surface area contributed by atoms with E-state index in [1.165, 1.54) is 32.9 Å². The first kappa shape index (κ1) is 55.3. The van der Waals surface area contributed by atoms with Crippen LogP contribution in [-0.4, -0.2) is 111 Å². The number of hydrogen-bond donors (Lipinski definition) is 4. The quantitative estimate of drug-likeness (QED) is 0.0264. The molecule has 1 aliphatic heterocycles. The normalized spacial score (nSPS) is 30.6. The molecule has 390 valence electrons. The van der Waals surface area contributed by atoms with Crippen LogP contribution < -0.4 is 11.2 Å². The molecular formula is C50H66N2O18S. The number of unbranched alkanes of at least 4 members (excludes halogenated alkanes) is 3. The Morgan fingerprint density at radius 1 is 0.944 bits per heavy atom. The zero-order valence-electron chi connectivity index (χ0n) is 41.2. The third-order valence-electron chi connectivity index (χ3n) is 14.6. The fourth-order valence-corrected chi connectivity index (χ4v) is 11.5. The summed E-state index contributed by atoms with van der Waals surface area (Å²) in [6.45, 7) is 11.7. The Morgan fingerprint density at radius 2 is 1.59 bits per heavy atom. The summed E-state index contributed by atoms with van der Waals surface area (Å²) in [5.41, 5.74) is -8.66. The molecule has 3 aliphatic carbocycles. The van der Waals surface area contributed by atoms with Gasteiger partial charge in [-0.2, -0.15) is 5.90 Å². The number of rotatable bonds is 19. The van der Waals surface area contributed by atoms with Crippen LogP contribution in [0.1, 0.15) is 122 Å². The van der Waals surface area contributed by atoms with Gasteiger partial charge in [0.15, 0.2) is 5.60 Å². The molecule has 20 nitrogen and oxygen atoms in total. The van der Waals surface area contributed by atoms with Crippen molar-refractivity contribution in [1.29, 1.82) is 0 Å². The molecule has 21 heteroatoms. The fourth-order valence-electron chi connectivity index (χ4n) is 11.0. The molecule has 2 unspecified atom stereocenters. The van der Waals surface area contributed by atoms with E-state index in [2.05, 4.69) is 19.7 Å².